The first-order chi connectivity index (χ1) is 10.0. The molecule has 0 radical (unpaired) electrons. The summed E-state index contributed by atoms with van der Waals surface area (Å²) in [4.78, 5) is 4.45. The van der Waals surface area contributed by atoms with Gasteiger partial charge in [-0.1, -0.05) is 0 Å². The van der Waals surface area contributed by atoms with Crippen molar-refractivity contribution in [3.8, 4) is 0 Å². The normalized spacial score (nSPS) is 11.0. The van der Waals surface area contributed by atoms with Crippen LogP contribution in [0.1, 0.15) is 16.8 Å². The van der Waals surface area contributed by atoms with E-state index in [0.29, 0.717) is 12.1 Å². The quantitative estimate of drug-likeness (QED) is 0.802. The van der Waals surface area contributed by atoms with Gasteiger partial charge in [0.2, 0.25) is 0 Å². The molecule has 5 heteroatoms. The molecule has 0 bridgehead atoms. The average molecular weight is 284 g/mol. The van der Waals surface area contributed by atoms with E-state index in [-0.39, 0.29) is 5.82 Å². The van der Waals surface area contributed by atoms with Gasteiger partial charge in [-0.25, -0.2) is 9.37 Å². The first kappa shape index (κ1) is 13.5. The fourth-order valence-corrected chi connectivity index (χ4v) is 2.41. The summed E-state index contributed by atoms with van der Waals surface area (Å²) >= 11 is 0. The Morgan fingerprint density at radius 2 is 2.05 bits per heavy atom. The van der Waals surface area contributed by atoms with Gasteiger partial charge in [0.1, 0.15) is 5.82 Å². The van der Waals surface area contributed by atoms with Crippen molar-refractivity contribution in [3.63, 3.8) is 0 Å². The van der Waals surface area contributed by atoms with Crippen molar-refractivity contribution >= 4 is 16.7 Å². The molecule has 0 saturated carbocycles. The summed E-state index contributed by atoms with van der Waals surface area (Å²) in [6.45, 7) is 4.38. The van der Waals surface area contributed by atoms with Crippen LogP contribution < -0.4 is 5.32 Å². The van der Waals surface area contributed by atoms with Gasteiger partial charge < -0.3 is 5.32 Å². The Morgan fingerprint density at radius 1 is 1.24 bits per heavy atom. The van der Waals surface area contributed by atoms with Crippen LogP contribution in [0.2, 0.25) is 0 Å². The van der Waals surface area contributed by atoms with E-state index in [1.54, 1.807) is 23.7 Å². The minimum absolute atomic E-state index is 0.186. The predicted molar refractivity (Wildman–Crippen MR) is 81.7 cm³/mol. The molecule has 0 unspecified atom stereocenters. The Hall–Kier alpha value is -2.43. The number of aryl methyl sites for hydroxylation is 3. The lowest BCUT2D eigenvalue weighted by Gasteiger charge is -2.08. The van der Waals surface area contributed by atoms with Gasteiger partial charge in [-0.2, -0.15) is 5.10 Å². The summed E-state index contributed by atoms with van der Waals surface area (Å²) in [6.07, 6.45) is 1.84. The maximum Gasteiger partial charge on any atom is 0.157 e. The summed E-state index contributed by atoms with van der Waals surface area (Å²) < 4.78 is 15.0. The maximum absolute atomic E-state index is 13.2. The molecule has 1 N–H and O–H groups in total. The van der Waals surface area contributed by atoms with Crippen LogP contribution >= 0.6 is 0 Å². The zero-order valence-electron chi connectivity index (χ0n) is 12.3. The average Bonchev–Trinajstić information content (AvgIpc) is 2.75. The first-order valence-corrected chi connectivity index (χ1v) is 6.83. The van der Waals surface area contributed by atoms with Crippen LogP contribution in [-0.4, -0.2) is 14.8 Å². The molecule has 0 spiro atoms. The number of anilines is 1. The molecule has 21 heavy (non-hydrogen) atoms. The number of hydrogen-bond donors (Lipinski definition) is 1. The lowest BCUT2D eigenvalue weighted by molar-refractivity contribution is 0.618. The number of nitrogens with zero attached hydrogens (tertiary/aromatic N) is 3. The number of fused-ring (bicyclic) bond motifs is 1. The second-order valence-corrected chi connectivity index (χ2v) is 5.24. The van der Waals surface area contributed by atoms with E-state index in [9.17, 15) is 4.39 Å². The van der Waals surface area contributed by atoms with Crippen LogP contribution in [0.5, 0.6) is 0 Å². The summed E-state index contributed by atoms with van der Waals surface area (Å²) in [5.41, 5.74) is 4.46. The lowest BCUT2D eigenvalue weighted by atomic mass is 10.2. The molecule has 0 aliphatic rings. The Kier molecular flexibility index (Phi) is 3.33. The molecule has 0 fully saturated rings. The van der Waals surface area contributed by atoms with Crippen molar-refractivity contribution < 1.29 is 4.39 Å². The van der Waals surface area contributed by atoms with E-state index in [2.05, 4.69) is 21.5 Å². The van der Waals surface area contributed by atoms with Crippen molar-refractivity contribution in [2.45, 2.75) is 20.4 Å². The van der Waals surface area contributed by atoms with Gasteiger partial charge in [0, 0.05) is 30.9 Å². The third-order valence-electron chi connectivity index (χ3n) is 3.57. The molecule has 3 rings (SSSR count). The number of benzene rings is 1. The minimum atomic E-state index is -0.186. The van der Waals surface area contributed by atoms with E-state index in [1.165, 1.54) is 6.07 Å². The SMILES string of the molecule is Cc1cc(NCc2cnc3c(c2)c(C)nn3C)ccc1F. The minimum Gasteiger partial charge on any atom is -0.381 e. The van der Waals surface area contributed by atoms with Crippen LogP contribution in [0.25, 0.3) is 11.0 Å². The molecular formula is C16H17FN4. The zero-order chi connectivity index (χ0) is 15.0. The topological polar surface area (TPSA) is 42.7 Å². The van der Waals surface area contributed by atoms with Crippen molar-refractivity contribution in [2.75, 3.05) is 5.32 Å². The fourth-order valence-electron chi connectivity index (χ4n) is 2.41. The Labute approximate surface area is 122 Å². The number of hydrogen-bond acceptors (Lipinski definition) is 3. The van der Waals surface area contributed by atoms with Crippen molar-refractivity contribution in [2.24, 2.45) is 7.05 Å². The molecule has 0 amide bonds. The van der Waals surface area contributed by atoms with Crippen LogP contribution in [0.15, 0.2) is 30.5 Å². The summed E-state index contributed by atoms with van der Waals surface area (Å²) in [5, 5.41) is 8.71. The van der Waals surface area contributed by atoms with E-state index in [1.807, 2.05) is 20.2 Å². The molecule has 3 aromatic rings. The number of halogens is 1. The second-order valence-electron chi connectivity index (χ2n) is 5.24. The first-order valence-electron chi connectivity index (χ1n) is 6.83. The smallest absolute Gasteiger partial charge is 0.157 e. The third kappa shape index (κ3) is 2.59. The number of nitrogens with one attached hydrogen (secondary N) is 1. The maximum atomic E-state index is 13.2. The molecular weight excluding hydrogens is 267 g/mol. The highest BCUT2D eigenvalue weighted by atomic mass is 19.1. The van der Waals surface area contributed by atoms with Crippen LogP contribution in [-0.2, 0) is 13.6 Å². The second kappa shape index (κ2) is 5.16. The van der Waals surface area contributed by atoms with Gasteiger partial charge >= 0.3 is 0 Å². The largest absolute Gasteiger partial charge is 0.381 e. The van der Waals surface area contributed by atoms with Gasteiger partial charge in [-0.3, -0.25) is 4.68 Å². The van der Waals surface area contributed by atoms with Gasteiger partial charge in [-0.15, -0.1) is 0 Å². The van der Waals surface area contributed by atoms with Crippen LogP contribution in [0.3, 0.4) is 0 Å². The Balaban J connectivity index is 1.81. The molecule has 4 nitrogen and oxygen atoms in total. The predicted octanol–water partition coefficient (Wildman–Crippen LogP) is 3.34. The van der Waals surface area contributed by atoms with E-state index in [4.69, 9.17) is 0 Å². The standard InChI is InChI=1S/C16H17FN4/c1-10-6-13(4-5-15(10)17)18-8-12-7-14-11(2)20-21(3)16(14)19-9-12/h4-7,9,18H,8H2,1-3H3. The molecule has 0 saturated heterocycles. The van der Waals surface area contributed by atoms with Gasteiger partial charge in [0.25, 0.3) is 0 Å². The molecule has 2 aromatic heterocycles. The highest BCUT2D eigenvalue weighted by Gasteiger charge is 2.07. The monoisotopic (exact) mass is 284 g/mol. The van der Waals surface area contributed by atoms with Crippen LogP contribution in [0, 0.1) is 19.7 Å². The van der Waals surface area contributed by atoms with Gasteiger partial charge in [-0.05, 0) is 49.2 Å². The molecule has 1 aromatic carbocycles. The lowest BCUT2D eigenvalue weighted by Crippen LogP contribution is -2.01. The fraction of sp³-hybridized carbons (Fsp3) is 0.250. The highest BCUT2D eigenvalue weighted by molar-refractivity contribution is 5.78. The van der Waals surface area contributed by atoms with E-state index >= 15 is 0 Å². The summed E-state index contributed by atoms with van der Waals surface area (Å²) in [5.74, 6) is -0.186. The van der Waals surface area contributed by atoms with E-state index in [0.717, 1.165) is 28.0 Å². The molecule has 0 aliphatic carbocycles. The molecule has 108 valence electrons. The summed E-state index contributed by atoms with van der Waals surface area (Å²) in [7, 11) is 1.89. The van der Waals surface area contributed by atoms with Crippen molar-refractivity contribution in [1.82, 2.24) is 14.8 Å². The van der Waals surface area contributed by atoms with Gasteiger partial charge in [0.05, 0.1) is 5.69 Å². The molecule has 0 aliphatic heterocycles. The van der Waals surface area contributed by atoms with Crippen LogP contribution in [0.4, 0.5) is 10.1 Å². The van der Waals surface area contributed by atoms with Crippen molar-refractivity contribution in [1.29, 1.82) is 0 Å². The highest BCUT2D eigenvalue weighted by Crippen LogP contribution is 2.18. The number of pyridine rings is 1. The molecule has 0 atom stereocenters. The summed E-state index contributed by atoms with van der Waals surface area (Å²) in [6, 6.07) is 7.11. The zero-order valence-corrected chi connectivity index (χ0v) is 12.3. The molecule has 2 heterocycles. The van der Waals surface area contributed by atoms with Gasteiger partial charge in [0.15, 0.2) is 5.65 Å². The third-order valence-corrected chi connectivity index (χ3v) is 3.57. The number of rotatable bonds is 3. The Bertz CT molecular complexity index is 807. The van der Waals surface area contributed by atoms with Crippen molar-refractivity contribution in [3.05, 3.63) is 53.1 Å². The Morgan fingerprint density at radius 3 is 2.81 bits per heavy atom. The van der Waals surface area contributed by atoms with E-state index < -0.39 is 0 Å². The number of aromatic nitrogens is 3.